The van der Waals surface area contributed by atoms with Crippen LogP contribution < -0.4 is 4.90 Å². The van der Waals surface area contributed by atoms with Crippen molar-refractivity contribution < 1.29 is 9.53 Å². The van der Waals surface area contributed by atoms with Crippen molar-refractivity contribution in [2.24, 2.45) is 5.92 Å². The van der Waals surface area contributed by atoms with Gasteiger partial charge in [-0.1, -0.05) is 11.6 Å². The van der Waals surface area contributed by atoms with E-state index in [4.69, 9.17) is 16.3 Å². The molecule has 0 bridgehead atoms. The minimum atomic E-state index is 0.269. The second-order valence-electron chi connectivity index (χ2n) is 6.99. The maximum absolute atomic E-state index is 12.5. The van der Waals surface area contributed by atoms with Crippen molar-refractivity contribution in [1.29, 1.82) is 0 Å². The Morgan fingerprint density at radius 3 is 2.69 bits per heavy atom. The summed E-state index contributed by atoms with van der Waals surface area (Å²) in [6, 6.07) is 5.71. The molecule has 0 atom stereocenters. The Kier molecular flexibility index (Phi) is 5.22. The third kappa shape index (κ3) is 3.76. The molecule has 1 aromatic carbocycles. The minimum Gasteiger partial charge on any atom is -0.378 e. The highest BCUT2D eigenvalue weighted by atomic mass is 35.5. The molecule has 0 saturated carbocycles. The van der Waals surface area contributed by atoms with Crippen molar-refractivity contribution >= 4 is 34.2 Å². The number of nitrogens with zero attached hydrogens (tertiary/aromatic N) is 4. The van der Waals surface area contributed by atoms with Crippen LogP contribution >= 0.6 is 11.6 Å². The first kappa shape index (κ1) is 17.5. The predicted octanol–water partition coefficient (Wildman–Crippen LogP) is 2.75. The summed E-state index contributed by atoms with van der Waals surface area (Å²) in [5.41, 5.74) is 0.906. The summed E-state index contributed by atoms with van der Waals surface area (Å²) in [5.74, 6) is 1.65. The molecule has 0 radical (unpaired) electrons. The normalized spacial score (nSPS) is 19.1. The van der Waals surface area contributed by atoms with Crippen LogP contribution in [0.25, 0.3) is 10.9 Å². The number of anilines is 1. The Hall–Kier alpha value is -1.92. The van der Waals surface area contributed by atoms with Crippen LogP contribution in [-0.2, 0) is 9.53 Å². The van der Waals surface area contributed by atoms with Gasteiger partial charge in [-0.05, 0) is 37.0 Å². The number of fused-ring (bicyclic) bond motifs is 1. The average Bonchev–Trinajstić information content (AvgIpc) is 2.69. The molecule has 0 aliphatic carbocycles. The van der Waals surface area contributed by atoms with Crippen LogP contribution in [0.15, 0.2) is 24.5 Å². The summed E-state index contributed by atoms with van der Waals surface area (Å²) < 4.78 is 5.32. The Labute approximate surface area is 158 Å². The number of carbonyl (C=O) groups excluding carboxylic acids is 1. The third-order valence-corrected chi connectivity index (χ3v) is 5.55. The smallest absolute Gasteiger partial charge is 0.223 e. The van der Waals surface area contributed by atoms with Crippen LogP contribution in [0.1, 0.15) is 19.3 Å². The Bertz CT molecular complexity index is 786. The lowest BCUT2D eigenvalue weighted by Gasteiger charge is -2.34. The first-order chi connectivity index (χ1) is 12.7. The molecule has 0 N–H and O–H groups in total. The summed E-state index contributed by atoms with van der Waals surface area (Å²) >= 11 is 6.16. The maximum Gasteiger partial charge on any atom is 0.223 e. The fourth-order valence-electron chi connectivity index (χ4n) is 3.80. The molecule has 0 unspecified atom stereocenters. The van der Waals surface area contributed by atoms with E-state index in [0.29, 0.717) is 30.6 Å². The monoisotopic (exact) mass is 374 g/mol. The molecule has 2 fully saturated rings. The summed E-state index contributed by atoms with van der Waals surface area (Å²) in [5, 5.41) is 1.68. The van der Waals surface area contributed by atoms with Crippen molar-refractivity contribution in [3.05, 3.63) is 29.5 Å². The van der Waals surface area contributed by atoms with E-state index < -0.39 is 0 Å². The summed E-state index contributed by atoms with van der Waals surface area (Å²) in [4.78, 5) is 25.5. The average molecular weight is 375 g/mol. The first-order valence-electron chi connectivity index (χ1n) is 9.21. The second-order valence-corrected chi connectivity index (χ2v) is 7.42. The van der Waals surface area contributed by atoms with Gasteiger partial charge in [0.25, 0.3) is 0 Å². The molecule has 2 aliphatic rings. The Morgan fingerprint density at radius 1 is 1.15 bits per heavy atom. The van der Waals surface area contributed by atoms with Crippen molar-refractivity contribution in [2.75, 3.05) is 44.3 Å². The van der Waals surface area contributed by atoms with Gasteiger partial charge in [0.1, 0.15) is 12.1 Å². The molecular weight excluding hydrogens is 352 g/mol. The number of benzene rings is 1. The van der Waals surface area contributed by atoms with Gasteiger partial charge in [-0.2, -0.15) is 0 Å². The number of carbonyl (C=O) groups is 1. The molecular formula is C19H23ClN4O2. The van der Waals surface area contributed by atoms with Gasteiger partial charge in [0, 0.05) is 43.0 Å². The quantitative estimate of drug-likeness (QED) is 0.826. The SMILES string of the molecule is O=C(CC1CCN(c2ncnc3ccc(Cl)cc23)CC1)N1CCOCC1. The number of morpholine rings is 1. The van der Waals surface area contributed by atoms with E-state index in [1.165, 1.54) is 0 Å². The van der Waals surface area contributed by atoms with Gasteiger partial charge in [-0.25, -0.2) is 9.97 Å². The zero-order valence-corrected chi connectivity index (χ0v) is 15.5. The minimum absolute atomic E-state index is 0.269. The number of hydrogen-bond acceptors (Lipinski definition) is 5. The van der Waals surface area contributed by atoms with Crippen molar-refractivity contribution in [2.45, 2.75) is 19.3 Å². The standard InChI is InChI=1S/C19H23ClN4O2/c20-15-1-2-17-16(12-15)19(22-13-21-17)24-5-3-14(4-6-24)11-18(25)23-7-9-26-10-8-23/h1-2,12-14H,3-11H2. The van der Waals surface area contributed by atoms with E-state index in [2.05, 4.69) is 14.9 Å². The van der Waals surface area contributed by atoms with Crippen LogP contribution in [0, 0.1) is 5.92 Å². The molecule has 0 spiro atoms. The highest BCUT2D eigenvalue weighted by molar-refractivity contribution is 6.31. The molecule has 138 valence electrons. The number of aromatic nitrogens is 2. The first-order valence-corrected chi connectivity index (χ1v) is 9.59. The third-order valence-electron chi connectivity index (χ3n) is 5.32. The number of ether oxygens (including phenoxy) is 1. The highest BCUT2D eigenvalue weighted by Gasteiger charge is 2.26. The van der Waals surface area contributed by atoms with E-state index in [-0.39, 0.29) is 5.91 Å². The molecule has 3 heterocycles. The second kappa shape index (κ2) is 7.76. The van der Waals surface area contributed by atoms with E-state index in [1.54, 1.807) is 6.33 Å². The topological polar surface area (TPSA) is 58.6 Å². The molecule has 2 aromatic rings. The Balaban J connectivity index is 1.39. The number of amides is 1. The zero-order valence-electron chi connectivity index (χ0n) is 14.7. The van der Waals surface area contributed by atoms with Crippen LogP contribution in [-0.4, -0.2) is 60.2 Å². The number of hydrogen-bond donors (Lipinski definition) is 0. The van der Waals surface area contributed by atoms with Gasteiger partial charge in [0.15, 0.2) is 0 Å². The van der Waals surface area contributed by atoms with Gasteiger partial charge in [0.05, 0.1) is 18.7 Å². The number of rotatable bonds is 3. The van der Waals surface area contributed by atoms with Gasteiger partial charge in [-0.15, -0.1) is 0 Å². The molecule has 1 aromatic heterocycles. The van der Waals surface area contributed by atoms with E-state index in [1.807, 2.05) is 23.1 Å². The van der Waals surface area contributed by atoms with E-state index in [9.17, 15) is 4.79 Å². The lowest BCUT2D eigenvalue weighted by Crippen LogP contribution is -2.42. The Morgan fingerprint density at radius 2 is 1.92 bits per heavy atom. The van der Waals surface area contributed by atoms with Crippen LogP contribution in [0.5, 0.6) is 0 Å². The van der Waals surface area contributed by atoms with Gasteiger partial charge < -0.3 is 14.5 Å². The molecule has 4 rings (SSSR count). The molecule has 2 aliphatic heterocycles. The number of halogens is 1. The fraction of sp³-hybridized carbons (Fsp3) is 0.526. The van der Waals surface area contributed by atoms with Crippen LogP contribution in [0.3, 0.4) is 0 Å². The van der Waals surface area contributed by atoms with Crippen molar-refractivity contribution in [1.82, 2.24) is 14.9 Å². The van der Waals surface area contributed by atoms with Crippen LogP contribution in [0.2, 0.25) is 5.02 Å². The zero-order chi connectivity index (χ0) is 17.9. The lowest BCUT2D eigenvalue weighted by atomic mass is 9.92. The van der Waals surface area contributed by atoms with E-state index >= 15 is 0 Å². The molecule has 7 heteroatoms. The lowest BCUT2D eigenvalue weighted by molar-refractivity contribution is -0.136. The molecule has 26 heavy (non-hydrogen) atoms. The predicted molar refractivity (Wildman–Crippen MR) is 102 cm³/mol. The molecule has 1 amide bonds. The molecule has 6 nitrogen and oxygen atoms in total. The summed E-state index contributed by atoms with van der Waals surface area (Å²) in [6.45, 7) is 4.58. The largest absolute Gasteiger partial charge is 0.378 e. The summed E-state index contributed by atoms with van der Waals surface area (Å²) in [7, 11) is 0. The summed E-state index contributed by atoms with van der Waals surface area (Å²) in [6.07, 6.45) is 4.26. The van der Waals surface area contributed by atoms with Gasteiger partial charge >= 0.3 is 0 Å². The maximum atomic E-state index is 12.5. The van der Waals surface area contributed by atoms with E-state index in [0.717, 1.165) is 55.7 Å². The number of piperidine rings is 1. The van der Waals surface area contributed by atoms with Crippen molar-refractivity contribution in [3.8, 4) is 0 Å². The molecule has 2 saturated heterocycles. The fourth-order valence-corrected chi connectivity index (χ4v) is 3.98. The van der Waals surface area contributed by atoms with Crippen LogP contribution in [0.4, 0.5) is 5.82 Å². The van der Waals surface area contributed by atoms with Gasteiger partial charge in [0.2, 0.25) is 5.91 Å². The highest BCUT2D eigenvalue weighted by Crippen LogP contribution is 2.30. The van der Waals surface area contributed by atoms with Crippen molar-refractivity contribution in [3.63, 3.8) is 0 Å². The van der Waals surface area contributed by atoms with Gasteiger partial charge in [-0.3, -0.25) is 4.79 Å².